The SMILES string of the molecule is CC[NH+]1CCN(C(=O)C2CCN(S(=O)(=O)N3CCC4(CC3)OCCO4)CC2)CC1. The molecular weight excluding hydrogens is 396 g/mol. The van der Waals surface area contributed by atoms with Crippen molar-refractivity contribution in [1.82, 2.24) is 13.5 Å². The smallest absolute Gasteiger partial charge is 0.281 e. The van der Waals surface area contributed by atoms with Gasteiger partial charge in [0.25, 0.3) is 10.2 Å². The van der Waals surface area contributed by atoms with E-state index in [0.29, 0.717) is 65.1 Å². The highest BCUT2D eigenvalue weighted by Crippen LogP contribution is 2.33. The summed E-state index contributed by atoms with van der Waals surface area (Å²) in [6.45, 7) is 9.82. The van der Waals surface area contributed by atoms with E-state index >= 15 is 0 Å². The van der Waals surface area contributed by atoms with Gasteiger partial charge in [0, 0.05) is 44.9 Å². The summed E-state index contributed by atoms with van der Waals surface area (Å²) in [6, 6.07) is 0. The van der Waals surface area contributed by atoms with Crippen molar-refractivity contribution in [1.29, 1.82) is 0 Å². The van der Waals surface area contributed by atoms with Gasteiger partial charge in [-0.25, -0.2) is 0 Å². The van der Waals surface area contributed by atoms with E-state index in [4.69, 9.17) is 9.47 Å². The van der Waals surface area contributed by atoms with E-state index in [0.717, 1.165) is 32.7 Å². The molecule has 4 saturated heterocycles. The maximum Gasteiger partial charge on any atom is 0.281 e. The highest BCUT2D eigenvalue weighted by Gasteiger charge is 2.44. The minimum atomic E-state index is -3.49. The molecule has 29 heavy (non-hydrogen) atoms. The molecule has 0 radical (unpaired) electrons. The van der Waals surface area contributed by atoms with Gasteiger partial charge in [-0.1, -0.05) is 0 Å². The summed E-state index contributed by atoms with van der Waals surface area (Å²) < 4.78 is 40.6. The monoisotopic (exact) mass is 431 g/mol. The lowest BCUT2D eigenvalue weighted by molar-refractivity contribution is -0.902. The Morgan fingerprint density at radius 1 is 0.966 bits per heavy atom. The molecule has 0 aliphatic carbocycles. The topological polar surface area (TPSA) is 83.8 Å². The summed E-state index contributed by atoms with van der Waals surface area (Å²) in [5, 5.41) is 0. The van der Waals surface area contributed by atoms with Crippen LogP contribution in [0.4, 0.5) is 0 Å². The highest BCUT2D eigenvalue weighted by atomic mass is 32.2. The van der Waals surface area contributed by atoms with E-state index in [1.54, 1.807) is 13.5 Å². The number of likely N-dealkylation sites (N-methyl/N-ethyl adjacent to an activating group) is 1. The van der Waals surface area contributed by atoms with Gasteiger partial charge in [-0.3, -0.25) is 4.79 Å². The van der Waals surface area contributed by atoms with Crippen LogP contribution in [0.3, 0.4) is 0 Å². The number of amides is 1. The number of piperidine rings is 2. The molecule has 4 fully saturated rings. The number of rotatable bonds is 4. The number of carbonyl (C=O) groups excluding carboxylic acids is 1. The summed E-state index contributed by atoms with van der Waals surface area (Å²) in [4.78, 5) is 16.4. The summed E-state index contributed by atoms with van der Waals surface area (Å²) in [5.41, 5.74) is 0. The summed E-state index contributed by atoms with van der Waals surface area (Å²) in [6.07, 6.45) is 2.38. The summed E-state index contributed by atoms with van der Waals surface area (Å²) in [7, 11) is -3.49. The van der Waals surface area contributed by atoms with E-state index in [1.165, 1.54) is 0 Å². The standard InChI is InChI=1S/C19H34N4O5S/c1-2-20-11-13-21(14-12-20)18(24)17-3-7-22(8-4-17)29(25,26)23-9-5-19(6-10-23)27-15-16-28-19/h17H,2-16H2,1H3/p+1. The predicted octanol–water partition coefficient (Wildman–Crippen LogP) is -1.47. The second-order valence-electron chi connectivity index (χ2n) is 8.62. The molecule has 4 rings (SSSR count). The zero-order valence-corrected chi connectivity index (χ0v) is 18.3. The molecule has 0 aromatic carbocycles. The molecule has 0 bridgehead atoms. The Morgan fingerprint density at radius 3 is 2.07 bits per heavy atom. The molecule has 0 atom stereocenters. The third-order valence-electron chi connectivity index (χ3n) is 7.04. The van der Waals surface area contributed by atoms with Gasteiger partial charge in [-0.15, -0.1) is 0 Å². The van der Waals surface area contributed by atoms with Gasteiger partial charge in [0.15, 0.2) is 5.79 Å². The van der Waals surface area contributed by atoms with Crippen molar-refractivity contribution in [2.45, 2.75) is 38.4 Å². The molecule has 166 valence electrons. The zero-order chi connectivity index (χ0) is 20.5. The molecular formula is C19H35N4O5S+. The first-order chi connectivity index (χ1) is 13.9. The molecule has 0 saturated carbocycles. The van der Waals surface area contributed by atoms with Crippen LogP contribution in [-0.4, -0.2) is 106 Å². The molecule has 0 aromatic rings. The van der Waals surface area contributed by atoms with E-state index < -0.39 is 16.0 Å². The Balaban J connectivity index is 1.27. The van der Waals surface area contributed by atoms with Crippen molar-refractivity contribution in [3.05, 3.63) is 0 Å². The maximum atomic E-state index is 13.1. The maximum absolute atomic E-state index is 13.1. The highest BCUT2D eigenvalue weighted by molar-refractivity contribution is 7.86. The minimum Gasteiger partial charge on any atom is -0.347 e. The van der Waals surface area contributed by atoms with E-state index in [2.05, 4.69) is 6.92 Å². The minimum absolute atomic E-state index is 0.0467. The predicted molar refractivity (Wildman–Crippen MR) is 106 cm³/mol. The van der Waals surface area contributed by atoms with Gasteiger partial charge in [0.05, 0.1) is 45.9 Å². The van der Waals surface area contributed by atoms with Crippen LogP contribution in [-0.2, 0) is 24.5 Å². The molecule has 4 aliphatic rings. The average Bonchev–Trinajstić information content (AvgIpc) is 3.21. The van der Waals surface area contributed by atoms with Crippen molar-refractivity contribution < 1.29 is 27.6 Å². The lowest BCUT2D eigenvalue weighted by Gasteiger charge is -2.40. The van der Waals surface area contributed by atoms with Crippen LogP contribution in [0.2, 0.25) is 0 Å². The Bertz CT molecular complexity index is 671. The van der Waals surface area contributed by atoms with E-state index in [1.807, 2.05) is 4.90 Å². The quantitative estimate of drug-likeness (QED) is 0.588. The Kier molecular flexibility index (Phi) is 6.48. The molecule has 1 N–H and O–H groups in total. The van der Waals surface area contributed by atoms with Crippen molar-refractivity contribution in [2.24, 2.45) is 5.92 Å². The largest absolute Gasteiger partial charge is 0.347 e. The molecule has 9 nitrogen and oxygen atoms in total. The third-order valence-corrected chi connectivity index (χ3v) is 9.07. The third kappa shape index (κ3) is 4.47. The first-order valence-corrected chi connectivity index (χ1v) is 12.5. The Morgan fingerprint density at radius 2 is 1.52 bits per heavy atom. The van der Waals surface area contributed by atoms with Gasteiger partial charge in [-0.05, 0) is 19.8 Å². The molecule has 4 aliphatic heterocycles. The van der Waals surface area contributed by atoms with Crippen molar-refractivity contribution >= 4 is 16.1 Å². The lowest BCUT2D eigenvalue weighted by Crippen LogP contribution is -3.14. The number of nitrogens with one attached hydrogen (secondary N) is 1. The van der Waals surface area contributed by atoms with Crippen LogP contribution in [0.15, 0.2) is 0 Å². The zero-order valence-electron chi connectivity index (χ0n) is 17.5. The number of quaternary nitrogens is 1. The van der Waals surface area contributed by atoms with Crippen LogP contribution in [0.25, 0.3) is 0 Å². The molecule has 1 spiro atoms. The fourth-order valence-electron chi connectivity index (χ4n) is 5.00. The molecule has 4 heterocycles. The number of carbonyl (C=O) groups is 1. The van der Waals surface area contributed by atoms with Crippen molar-refractivity contribution in [2.75, 3.05) is 72.1 Å². The Hall–Kier alpha value is -0.780. The molecule has 0 unspecified atom stereocenters. The van der Waals surface area contributed by atoms with Crippen LogP contribution >= 0.6 is 0 Å². The van der Waals surface area contributed by atoms with E-state index in [-0.39, 0.29) is 11.8 Å². The second kappa shape index (κ2) is 8.76. The van der Waals surface area contributed by atoms with Gasteiger partial charge >= 0.3 is 0 Å². The van der Waals surface area contributed by atoms with Gasteiger partial charge in [0.2, 0.25) is 5.91 Å². The second-order valence-corrected chi connectivity index (χ2v) is 10.5. The number of piperazine rings is 1. The fraction of sp³-hybridized carbons (Fsp3) is 0.947. The molecule has 0 aromatic heterocycles. The molecule has 1 amide bonds. The van der Waals surface area contributed by atoms with Crippen LogP contribution in [0, 0.1) is 5.92 Å². The summed E-state index contributed by atoms with van der Waals surface area (Å²) in [5.74, 6) is -0.406. The number of nitrogens with zero attached hydrogens (tertiary/aromatic N) is 3. The first kappa shape index (κ1) is 21.5. The average molecular weight is 432 g/mol. The van der Waals surface area contributed by atoms with Crippen molar-refractivity contribution in [3.63, 3.8) is 0 Å². The fourth-order valence-corrected chi connectivity index (χ4v) is 6.64. The number of hydrogen-bond donors (Lipinski definition) is 1. The normalized spacial score (nSPS) is 28.2. The van der Waals surface area contributed by atoms with Crippen LogP contribution in [0.5, 0.6) is 0 Å². The Labute approximate surface area is 174 Å². The van der Waals surface area contributed by atoms with Gasteiger partial charge in [0.1, 0.15) is 0 Å². The van der Waals surface area contributed by atoms with Crippen LogP contribution < -0.4 is 4.90 Å². The first-order valence-electron chi connectivity index (χ1n) is 11.1. The van der Waals surface area contributed by atoms with Gasteiger partial charge < -0.3 is 19.3 Å². The van der Waals surface area contributed by atoms with E-state index in [9.17, 15) is 13.2 Å². The summed E-state index contributed by atoms with van der Waals surface area (Å²) >= 11 is 0. The number of ether oxygens (including phenoxy) is 2. The van der Waals surface area contributed by atoms with Crippen molar-refractivity contribution in [3.8, 4) is 0 Å². The molecule has 10 heteroatoms. The van der Waals surface area contributed by atoms with Gasteiger partial charge in [-0.2, -0.15) is 17.0 Å². The van der Waals surface area contributed by atoms with Crippen LogP contribution in [0.1, 0.15) is 32.6 Å². The lowest BCUT2D eigenvalue weighted by atomic mass is 9.96. The number of hydrogen-bond acceptors (Lipinski definition) is 5.